The predicted octanol–water partition coefficient (Wildman–Crippen LogP) is 5.03. The molecule has 0 saturated carbocycles. The Balaban J connectivity index is 1.08. The molecule has 2 unspecified atom stereocenters. The van der Waals surface area contributed by atoms with Gasteiger partial charge in [0.05, 0.1) is 11.4 Å². The van der Waals surface area contributed by atoms with Gasteiger partial charge in [-0.2, -0.15) is 0 Å². The van der Waals surface area contributed by atoms with Crippen LogP contribution in [-0.4, -0.2) is 46.1 Å². The average molecular weight is 654 g/mol. The second-order valence-electron chi connectivity index (χ2n) is 11.6. The summed E-state index contributed by atoms with van der Waals surface area (Å²) < 4.78 is 12.4. The minimum atomic E-state index is -1.50. The molecule has 3 aliphatic heterocycles. The van der Waals surface area contributed by atoms with Crippen LogP contribution in [0.15, 0.2) is 133 Å². The Morgan fingerprint density at radius 3 is 1.63 bits per heavy atom. The second kappa shape index (κ2) is 12.2. The summed E-state index contributed by atoms with van der Waals surface area (Å²) in [5.41, 5.74) is 1.11. The molecule has 1 aliphatic carbocycles. The number of carbonyl (C=O) groups excluding carboxylic acids is 6. The van der Waals surface area contributed by atoms with Crippen molar-refractivity contribution in [2.75, 3.05) is 9.80 Å². The monoisotopic (exact) mass is 653 g/mol. The molecule has 0 fully saturated rings. The van der Waals surface area contributed by atoms with Gasteiger partial charge >= 0.3 is 0 Å². The van der Waals surface area contributed by atoms with E-state index in [1.807, 2.05) is 43.3 Å². The Morgan fingerprint density at radius 2 is 1.10 bits per heavy atom. The highest BCUT2D eigenvalue weighted by Gasteiger charge is 2.45. The van der Waals surface area contributed by atoms with E-state index < -0.39 is 41.2 Å². The number of carbonyl (C=O) groups is 6. The van der Waals surface area contributed by atoms with Gasteiger partial charge in [-0.1, -0.05) is 43.3 Å². The van der Waals surface area contributed by atoms with Crippen molar-refractivity contribution in [2.24, 2.45) is 0 Å². The van der Waals surface area contributed by atoms with E-state index in [4.69, 9.17) is 9.47 Å². The van der Waals surface area contributed by atoms with E-state index in [0.29, 0.717) is 22.9 Å². The smallest absolute Gasteiger partial charge is 0.258 e. The molecule has 242 valence electrons. The van der Waals surface area contributed by atoms with Gasteiger partial charge in [-0.05, 0) is 53.6 Å². The first-order chi connectivity index (χ1) is 23.6. The van der Waals surface area contributed by atoms with Crippen molar-refractivity contribution >= 4 is 46.8 Å². The lowest BCUT2D eigenvalue weighted by molar-refractivity contribution is -0.153. The summed E-state index contributed by atoms with van der Waals surface area (Å²) in [5, 5.41) is 0. The Hall–Kier alpha value is -6.62. The minimum absolute atomic E-state index is 0.0857. The van der Waals surface area contributed by atoms with Crippen molar-refractivity contribution in [1.29, 1.82) is 0 Å². The van der Waals surface area contributed by atoms with E-state index >= 15 is 0 Å². The third-order valence-electron chi connectivity index (χ3n) is 8.53. The number of rotatable bonds is 9. The zero-order valence-corrected chi connectivity index (χ0v) is 26.0. The molecule has 0 bridgehead atoms. The van der Waals surface area contributed by atoms with Gasteiger partial charge < -0.3 is 9.47 Å². The van der Waals surface area contributed by atoms with Gasteiger partial charge in [0.1, 0.15) is 17.2 Å². The quantitative estimate of drug-likeness (QED) is 0.294. The highest BCUT2D eigenvalue weighted by Crippen LogP contribution is 2.38. The summed E-state index contributed by atoms with van der Waals surface area (Å²) in [4.78, 5) is 77.6. The van der Waals surface area contributed by atoms with Crippen LogP contribution in [0.2, 0.25) is 0 Å². The number of hydrogen-bond acceptors (Lipinski definition) is 8. The molecule has 6 amide bonds. The van der Waals surface area contributed by atoms with Crippen molar-refractivity contribution in [1.82, 2.24) is 4.90 Å². The lowest BCUT2D eigenvalue weighted by Gasteiger charge is -2.39. The van der Waals surface area contributed by atoms with Crippen LogP contribution in [0, 0.1) is 0 Å². The topological polar surface area (TPSA) is 131 Å². The molecule has 11 nitrogen and oxygen atoms in total. The lowest BCUT2D eigenvalue weighted by Crippen LogP contribution is -2.55. The Morgan fingerprint density at radius 1 is 0.592 bits per heavy atom. The Kier molecular flexibility index (Phi) is 7.72. The molecule has 11 heteroatoms. The molecular weight excluding hydrogens is 626 g/mol. The molecule has 49 heavy (non-hydrogen) atoms. The SMILES string of the molecule is CC(C1=CCC(Oc2cccc(N3C(=O)C=CC3=O)c2)(N2C(=O)C=CC2=O)C=C1)c1ccc(Oc2cccc(N3C(=O)C=CC3=O)c2)cc1. The van der Waals surface area contributed by atoms with E-state index in [2.05, 4.69) is 0 Å². The molecule has 0 N–H and O–H groups in total. The average Bonchev–Trinajstić information content (AvgIpc) is 3.75. The molecule has 7 rings (SSSR count). The van der Waals surface area contributed by atoms with Crippen molar-refractivity contribution in [3.63, 3.8) is 0 Å². The highest BCUT2D eigenvalue weighted by atomic mass is 16.5. The van der Waals surface area contributed by atoms with Crippen molar-refractivity contribution in [3.8, 4) is 17.2 Å². The number of hydrogen-bond donors (Lipinski definition) is 0. The van der Waals surface area contributed by atoms with E-state index in [-0.39, 0.29) is 18.1 Å². The molecule has 0 radical (unpaired) electrons. The van der Waals surface area contributed by atoms with E-state index in [1.165, 1.54) is 42.5 Å². The molecule has 0 saturated heterocycles. The molecule has 4 aliphatic rings. The van der Waals surface area contributed by atoms with Crippen LogP contribution >= 0.6 is 0 Å². The lowest BCUT2D eigenvalue weighted by atomic mass is 9.87. The van der Waals surface area contributed by atoms with Gasteiger partial charge in [0, 0.05) is 60.9 Å². The number of imide groups is 3. The first-order valence-corrected chi connectivity index (χ1v) is 15.4. The summed E-state index contributed by atoms with van der Waals surface area (Å²) in [7, 11) is 0. The molecular formula is C38H27N3O8. The van der Waals surface area contributed by atoms with Crippen LogP contribution in [0.3, 0.4) is 0 Å². The summed E-state index contributed by atoms with van der Waals surface area (Å²) in [5.74, 6) is -1.66. The highest BCUT2D eigenvalue weighted by molar-refractivity contribution is 6.28. The number of ether oxygens (including phenoxy) is 2. The number of amides is 6. The number of benzene rings is 3. The van der Waals surface area contributed by atoms with Crippen LogP contribution in [0.5, 0.6) is 17.2 Å². The fraction of sp³-hybridized carbons (Fsp3) is 0.105. The van der Waals surface area contributed by atoms with Crippen LogP contribution in [0.1, 0.15) is 24.8 Å². The Labute approximate surface area is 280 Å². The Bertz CT molecular complexity index is 2050. The minimum Gasteiger partial charge on any atom is -0.463 e. The van der Waals surface area contributed by atoms with Crippen LogP contribution in [-0.2, 0) is 28.8 Å². The molecule has 3 aromatic rings. The van der Waals surface area contributed by atoms with Crippen molar-refractivity contribution in [3.05, 3.63) is 139 Å². The van der Waals surface area contributed by atoms with Gasteiger partial charge in [0.25, 0.3) is 35.4 Å². The van der Waals surface area contributed by atoms with E-state index in [9.17, 15) is 28.8 Å². The maximum Gasteiger partial charge on any atom is 0.258 e. The van der Waals surface area contributed by atoms with Crippen molar-refractivity contribution < 1.29 is 38.2 Å². The fourth-order valence-corrected chi connectivity index (χ4v) is 6.05. The third kappa shape index (κ3) is 5.78. The van der Waals surface area contributed by atoms with Crippen LogP contribution < -0.4 is 19.3 Å². The van der Waals surface area contributed by atoms with Gasteiger partial charge in [0.15, 0.2) is 0 Å². The van der Waals surface area contributed by atoms with Gasteiger partial charge in [0.2, 0.25) is 5.72 Å². The number of allylic oxidation sites excluding steroid dienone is 2. The fourth-order valence-electron chi connectivity index (χ4n) is 6.05. The summed E-state index contributed by atoms with van der Waals surface area (Å²) in [6.45, 7) is 2.02. The largest absolute Gasteiger partial charge is 0.463 e. The molecule has 0 aromatic heterocycles. The first kappa shape index (κ1) is 31.0. The third-order valence-corrected chi connectivity index (χ3v) is 8.53. The molecule has 3 aromatic carbocycles. The maximum atomic E-state index is 12.9. The molecule has 2 atom stereocenters. The summed E-state index contributed by atoms with van der Waals surface area (Å²) >= 11 is 0. The van der Waals surface area contributed by atoms with Gasteiger partial charge in [-0.15, -0.1) is 0 Å². The molecule has 3 heterocycles. The summed E-state index contributed by atoms with van der Waals surface area (Å²) in [6.07, 6.45) is 12.8. The standard InChI is InChI=1S/C38H27N3O8/c1-24(25-8-10-29(11-9-25)48-30-6-2-4-27(22-30)39-32(42)12-13-33(39)43)26-18-20-38(21-19-26,41-36(46)16-17-37(41)47)49-31-7-3-5-28(23-31)40-34(44)14-15-35(40)45/h2-20,22-24H,21H2,1H3. The van der Waals surface area contributed by atoms with Gasteiger partial charge in [-0.3, -0.25) is 28.8 Å². The maximum absolute atomic E-state index is 12.9. The zero-order valence-electron chi connectivity index (χ0n) is 26.0. The normalized spacial score (nSPS) is 20.6. The number of anilines is 2. The number of nitrogens with zero attached hydrogens (tertiary/aromatic N) is 3. The van der Waals surface area contributed by atoms with Crippen LogP contribution in [0.25, 0.3) is 0 Å². The predicted molar refractivity (Wildman–Crippen MR) is 177 cm³/mol. The summed E-state index contributed by atoms with van der Waals surface area (Å²) in [6, 6.07) is 20.6. The van der Waals surface area contributed by atoms with Crippen molar-refractivity contribution in [2.45, 2.75) is 25.0 Å². The second-order valence-corrected chi connectivity index (χ2v) is 11.6. The van der Waals surface area contributed by atoms with E-state index in [0.717, 1.165) is 25.8 Å². The zero-order chi connectivity index (χ0) is 34.3. The molecule has 0 spiro atoms. The van der Waals surface area contributed by atoms with E-state index in [1.54, 1.807) is 48.5 Å². The first-order valence-electron chi connectivity index (χ1n) is 15.4. The van der Waals surface area contributed by atoms with Crippen LogP contribution in [0.4, 0.5) is 11.4 Å². The van der Waals surface area contributed by atoms with Gasteiger partial charge in [-0.25, -0.2) is 14.7 Å².